The van der Waals surface area contributed by atoms with Crippen molar-refractivity contribution in [1.82, 2.24) is 10.6 Å². The molecule has 3 N–H and O–H groups in total. The fraction of sp³-hybridized carbons (Fsp3) is 0.278. The Bertz CT molecular complexity index is 788. The minimum atomic E-state index is -0.811. The molecule has 0 aromatic heterocycles. The zero-order chi connectivity index (χ0) is 18.2. The van der Waals surface area contributed by atoms with Gasteiger partial charge >= 0.3 is 5.97 Å². The molecule has 0 unspecified atom stereocenters. The number of carbonyl (C=O) groups excluding carboxylic acids is 3. The summed E-state index contributed by atoms with van der Waals surface area (Å²) in [4.78, 5) is 35.0. The second-order valence-electron chi connectivity index (χ2n) is 5.39. The minimum absolute atomic E-state index is 0.0211. The van der Waals surface area contributed by atoms with Crippen molar-refractivity contribution in [2.75, 3.05) is 19.7 Å². The van der Waals surface area contributed by atoms with Crippen molar-refractivity contribution in [2.24, 2.45) is 0 Å². The second kappa shape index (κ2) is 8.68. The topological polar surface area (TPSA) is 105 Å². The van der Waals surface area contributed by atoms with Gasteiger partial charge in [0.25, 0.3) is 5.91 Å². The van der Waals surface area contributed by atoms with E-state index in [0.717, 1.165) is 11.8 Å². The molecule has 0 saturated heterocycles. The van der Waals surface area contributed by atoms with Crippen LogP contribution >= 0.6 is 0 Å². The number of ether oxygens (including phenoxy) is 1. The molecule has 2 amide bonds. The van der Waals surface area contributed by atoms with E-state index in [0.29, 0.717) is 11.9 Å². The molecule has 0 aliphatic heterocycles. The van der Waals surface area contributed by atoms with Crippen molar-refractivity contribution in [1.29, 1.82) is 0 Å². The Kier molecular flexibility index (Phi) is 6.33. The third kappa shape index (κ3) is 4.94. The number of esters is 1. The Morgan fingerprint density at radius 1 is 1.04 bits per heavy atom. The molecule has 0 saturated carbocycles. The van der Waals surface area contributed by atoms with Crippen LogP contribution < -0.4 is 10.6 Å². The summed E-state index contributed by atoms with van der Waals surface area (Å²) in [5, 5.41) is 16.5. The van der Waals surface area contributed by atoms with Crippen LogP contribution in [-0.2, 0) is 14.3 Å². The number of phenolic OH excluding ortho intramolecular Hbond substituents is 1. The van der Waals surface area contributed by atoms with Crippen LogP contribution in [0.5, 0.6) is 5.75 Å². The smallest absolute Gasteiger partial charge is 0.342 e. The van der Waals surface area contributed by atoms with Crippen LogP contribution in [0.3, 0.4) is 0 Å². The van der Waals surface area contributed by atoms with E-state index in [1.54, 1.807) is 24.3 Å². The van der Waals surface area contributed by atoms with Crippen molar-refractivity contribution in [3.63, 3.8) is 0 Å². The molecular formula is C18H20N2O5. The van der Waals surface area contributed by atoms with E-state index >= 15 is 0 Å². The molecule has 2 rings (SSSR count). The number of nitrogens with one attached hydrogen (secondary N) is 2. The van der Waals surface area contributed by atoms with Gasteiger partial charge < -0.3 is 20.5 Å². The second-order valence-corrected chi connectivity index (χ2v) is 5.39. The Morgan fingerprint density at radius 3 is 2.56 bits per heavy atom. The average Bonchev–Trinajstić information content (AvgIpc) is 2.63. The number of fused-ring (bicyclic) bond motifs is 1. The maximum Gasteiger partial charge on any atom is 0.342 e. The summed E-state index contributed by atoms with van der Waals surface area (Å²) in [6.07, 6.45) is 0.798. The molecule has 0 aliphatic carbocycles. The Morgan fingerprint density at radius 2 is 1.80 bits per heavy atom. The number of rotatable bonds is 7. The minimum Gasteiger partial charge on any atom is -0.506 e. The van der Waals surface area contributed by atoms with E-state index in [1.807, 2.05) is 13.0 Å². The quantitative estimate of drug-likeness (QED) is 0.658. The van der Waals surface area contributed by atoms with E-state index in [4.69, 9.17) is 4.74 Å². The lowest BCUT2D eigenvalue weighted by Crippen LogP contribution is -2.38. The van der Waals surface area contributed by atoms with E-state index < -0.39 is 18.5 Å². The SMILES string of the molecule is CCCNC(=O)CNC(=O)COC(=O)c1ccc2ccccc2c1O. The number of hydrogen-bond donors (Lipinski definition) is 3. The average molecular weight is 344 g/mol. The van der Waals surface area contributed by atoms with Crippen molar-refractivity contribution < 1.29 is 24.2 Å². The zero-order valence-electron chi connectivity index (χ0n) is 13.9. The van der Waals surface area contributed by atoms with Gasteiger partial charge in [0.15, 0.2) is 6.61 Å². The van der Waals surface area contributed by atoms with Crippen LogP contribution in [0, 0.1) is 0 Å². The molecular weight excluding hydrogens is 324 g/mol. The fourth-order valence-corrected chi connectivity index (χ4v) is 2.19. The summed E-state index contributed by atoms with van der Waals surface area (Å²) in [6.45, 7) is 1.73. The van der Waals surface area contributed by atoms with Gasteiger partial charge in [-0.05, 0) is 17.9 Å². The first-order valence-corrected chi connectivity index (χ1v) is 7.94. The lowest BCUT2D eigenvalue weighted by atomic mass is 10.1. The van der Waals surface area contributed by atoms with E-state index in [9.17, 15) is 19.5 Å². The van der Waals surface area contributed by atoms with Gasteiger partial charge in [0.1, 0.15) is 11.3 Å². The predicted octanol–water partition coefficient (Wildman–Crippen LogP) is 1.34. The summed E-state index contributed by atoms with van der Waals surface area (Å²) in [6, 6.07) is 10.2. The van der Waals surface area contributed by atoms with Gasteiger partial charge in [-0.15, -0.1) is 0 Å². The number of hydrogen-bond acceptors (Lipinski definition) is 5. The Labute approximate surface area is 145 Å². The molecule has 7 heteroatoms. The highest BCUT2D eigenvalue weighted by atomic mass is 16.5. The highest BCUT2D eigenvalue weighted by molar-refractivity contribution is 6.01. The number of aromatic hydroxyl groups is 1. The van der Waals surface area contributed by atoms with E-state index in [2.05, 4.69) is 10.6 Å². The van der Waals surface area contributed by atoms with E-state index in [-0.39, 0.29) is 23.8 Å². The molecule has 2 aromatic carbocycles. The van der Waals surface area contributed by atoms with Crippen LogP contribution in [-0.4, -0.2) is 42.6 Å². The van der Waals surface area contributed by atoms with Gasteiger partial charge in [0.05, 0.1) is 6.54 Å². The number of amides is 2. The molecule has 132 valence electrons. The lowest BCUT2D eigenvalue weighted by Gasteiger charge is -2.09. The van der Waals surface area contributed by atoms with Gasteiger partial charge in [-0.3, -0.25) is 9.59 Å². The van der Waals surface area contributed by atoms with Gasteiger partial charge in [-0.2, -0.15) is 0 Å². The summed E-state index contributed by atoms with van der Waals surface area (Å²) >= 11 is 0. The molecule has 0 spiro atoms. The molecule has 7 nitrogen and oxygen atoms in total. The zero-order valence-corrected chi connectivity index (χ0v) is 13.9. The summed E-state index contributed by atoms with van der Waals surface area (Å²) in [5.41, 5.74) is -0.0211. The van der Waals surface area contributed by atoms with Gasteiger partial charge in [0, 0.05) is 11.9 Å². The van der Waals surface area contributed by atoms with Crippen LogP contribution in [0.25, 0.3) is 10.8 Å². The molecule has 0 radical (unpaired) electrons. The number of phenols is 1. The maximum atomic E-state index is 12.1. The maximum absolute atomic E-state index is 12.1. The largest absolute Gasteiger partial charge is 0.506 e. The normalized spacial score (nSPS) is 10.3. The molecule has 0 fully saturated rings. The third-order valence-corrected chi connectivity index (χ3v) is 3.47. The molecule has 0 bridgehead atoms. The highest BCUT2D eigenvalue weighted by Gasteiger charge is 2.16. The highest BCUT2D eigenvalue weighted by Crippen LogP contribution is 2.28. The van der Waals surface area contributed by atoms with E-state index in [1.165, 1.54) is 6.07 Å². The van der Waals surface area contributed by atoms with Crippen LogP contribution in [0.2, 0.25) is 0 Å². The Hall–Kier alpha value is -3.09. The monoisotopic (exact) mass is 344 g/mol. The molecule has 2 aromatic rings. The standard InChI is InChI=1S/C18H20N2O5/c1-2-9-19-15(21)10-20-16(22)11-25-18(24)14-8-7-12-5-3-4-6-13(12)17(14)23/h3-8,23H,2,9-11H2,1H3,(H,19,21)(H,20,22). The first-order chi connectivity index (χ1) is 12.0. The summed E-state index contributed by atoms with van der Waals surface area (Å²) in [5.74, 6) is -1.91. The Balaban J connectivity index is 1.89. The first kappa shape index (κ1) is 18.3. The van der Waals surface area contributed by atoms with Crippen molar-refractivity contribution in [2.45, 2.75) is 13.3 Å². The molecule has 0 heterocycles. The van der Waals surface area contributed by atoms with Gasteiger partial charge in [0.2, 0.25) is 5.91 Å². The van der Waals surface area contributed by atoms with Crippen molar-refractivity contribution >= 4 is 28.6 Å². The molecule has 0 aliphatic rings. The van der Waals surface area contributed by atoms with Crippen LogP contribution in [0.15, 0.2) is 36.4 Å². The van der Waals surface area contributed by atoms with Crippen LogP contribution in [0.1, 0.15) is 23.7 Å². The van der Waals surface area contributed by atoms with Gasteiger partial charge in [-0.25, -0.2) is 4.79 Å². The van der Waals surface area contributed by atoms with Crippen molar-refractivity contribution in [3.05, 3.63) is 42.0 Å². The van der Waals surface area contributed by atoms with Crippen molar-refractivity contribution in [3.8, 4) is 5.75 Å². The fourth-order valence-electron chi connectivity index (χ4n) is 2.19. The van der Waals surface area contributed by atoms with Gasteiger partial charge in [-0.1, -0.05) is 37.3 Å². The third-order valence-electron chi connectivity index (χ3n) is 3.47. The van der Waals surface area contributed by atoms with Crippen LogP contribution in [0.4, 0.5) is 0 Å². The number of carbonyl (C=O) groups is 3. The summed E-state index contributed by atoms with van der Waals surface area (Å²) in [7, 11) is 0. The molecule has 0 atom stereocenters. The molecule has 25 heavy (non-hydrogen) atoms. The predicted molar refractivity (Wildman–Crippen MR) is 92.2 cm³/mol. The first-order valence-electron chi connectivity index (χ1n) is 7.94. The summed E-state index contributed by atoms with van der Waals surface area (Å²) < 4.78 is 4.89. The number of benzene rings is 2. The lowest BCUT2D eigenvalue weighted by molar-refractivity contribution is -0.127.